The first-order chi connectivity index (χ1) is 11.2. The smallest absolute Gasteiger partial charge is 0.156 e. The summed E-state index contributed by atoms with van der Waals surface area (Å²) in [5.41, 5.74) is 2.20. The Labute approximate surface area is 140 Å². The molecule has 0 saturated heterocycles. The summed E-state index contributed by atoms with van der Waals surface area (Å²) in [6, 6.07) is 11.3. The third-order valence-electron chi connectivity index (χ3n) is 3.56. The number of unbranched alkanes of at least 4 members (excludes halogenated alkanes) is 2. The summed E-state index contributed by atoms with van der Waals surface area (Å²) in [5.74, 6) is -0.828. The molecule has 0 radical (unpaired) electrons. The van der Waals surface area contributed by atoms with Crippen LogP contribution in [0, 0.1) is 22.7 Å². The molecule has 1 heterocycles. The van der Waals surface area contributed by atoms with Crippen LogP contribution in [-0.4, -0.2) is 10.8 Å². The lowest BCUT2D eigenvalue weighted by molar-refractivity contribution is -0.119. The molecule has 5 heteroatoms. The third kappa shape index (κ3) is 4.25. The van der Waals surface area contributed by atoms with E-state index in [4.69, 9.17) is 5.26 Å². The fourth-order valence-electron chi connectivity index (χ4n) is 2.23. The highest BCUT2D eigenvalue weighted by Gasteiger charge is 2.23. The second kappa shape index (κ2) is 8.22. The maximum atomic E-state index is 12.2. The molecule has 1 unspecified atom stereocenters. The minimum atomic E-state index is -0.774. The van der Waals surface area contributed by atoms with Gasteiger partial charge in [-0.05, 0) is 18.6 Å². The average Bonchev–Trinajstić information content (AvgIpc) is 3.05. The molecule has 0 N–H and O–H groups in total. The zero-order chi connectivity index (χ0) is 16.7. The predicted octanol–water partition coefficient (Wildman–Crippen LogP) is 4.44. The number of carbonyl (C=O) groups is 1. The molecule has 0 saturated carbocycles. The Morgan fingerprint density at radius 1 is 1.26 bits per heavy atom. The highest BCUT2D eigenvalue weighted by molar-refractivity contribution is 7.10. The summed E-state index contributed by atoms with van der Waals surface area (Å²) in [6.45, 7) is 2.08. The van der Waals surface area contributed by atoms with Crippen LogP contribution in [0.15, 0.2) is 29.6 Å². The first kappa shape index (κ1) is 16.9. The summed E-state index contributed by atoms with van der Waals surface area (Å²) in [5, 5.41) is 20.5. The van der Waals surface area contributed by atoms with Gasteiger partial charge >= 0.3 is 0 Å². The molecule has 23 heavy (non-hydrogen) atoms. The lowest BCUT2D eigenvalue weighted by Gasteiger charge is -2.04. The van der Waals surface area contributed by atoms with Crippen molar-refractivity contribution in [3.8, 4) is 23.4 Å². The Hall–Kier alpha value is -2.50. The molecule has 0 aliphatic rings. The van der Waals surface area contributed by atoms with Crippen LogP contribution in [0.5, 0.6) is 0 Å². The van der Waals surface area contributed by atoms with Crippen molar-refractivity contribution in [1.82, 2.24) is 4.98 Å². The molecule has 0 bridgehead atoms. The van der Waals surface area contributed by atoms with Crippen LogP contribution < -0.4 is 0 Å². The highest BCUT2D eigenvalue weighted by Crippen LogP contribution is 2.28. The largest absolute Gasteiger partial charge is 0.298 e. The molecule has 116 valence electrons. The summed E-state index contributed by atoms with van der Waals surface area (Å²) >= 11 is 1.34. The average molecular weight is 323 g/mol. The van der Waals surface area contributed by atoms with Crippen LogP contribution in [0.3, 0.4) is 0 Å². The van der Waals surface area contributed by atoms with Gasteiger partial charge in [0.2, 0.25) is 0 Å². The molecule has 2 rings (SSSR count). The summed E-state index contributed by atoms with van der Waals surface area (Å²) in [7, 11) is 0. The van der Waals surface area contributed by atoms with Gasteiger partial charge in [-0.3, -0.25) is 4.79 Å². The number of nitriles is 2. The molecule has 0 amide bonds. The molecule has 4 nitrogen and oxygen atoms in total. The molecule has 0 fully saturated rings. The quantitative estimate of drug-likeness (QED) is 0.706. The van der Waals surface area contributed by atoms with E-state index >= 15 is 0 Å². The van der Waals surface area contributed by atoms with E-state index in [1.165, 1.54) is 11.3 Å². The molecular weight excluding hydrogens is 306 g/mol. The van der Waals surface area contributed by atoms with E-state index in [1.807, 2.05) is 17.5 Å². The Balaban J connectivity index is 2.14. The molecule has 1 atom stereocenters. The van der Waals surface area contributed by atoms with E-state index < -0.39 is 5.92 Å². The van der Waals surface area contributed by atoms with Crippen molar-refractivity contribution in [2.45, 2.75) is 38.5 Å². The SMILES string of the molecule is CCCCCC(=O)C(C#N)c1nc(-c2ccc(C#N)cc2)cs1. The Kier molecular flexibility index (Phi) is 6.02. The van der Waals surface area contributed by atoms with Crippen molar-refractivity contribution in [1.29, 1.82) is 10.5 Å². The number of Topliss-reactive ketones (excluding diaryl/α,β-unsaturated/α-hetero) is 1. The van der Waals surface area contributed by atoms with E-state index in [0.29, 0.717) is 17.0 Å². The number of hydrogen-bond acceptors (Lipinski definition) is 5. The van der Waals surface area contributed by atoms with Gasteiger partial charge in [0.25, 0.3) is 0 Å². The number of benzene rings is 1. The monoisotopic (exact) mass is 323 g/mol. The van der Waals surface area contributed by atoms with E-state index in [2.05, 4.69) is 24.0 Å². The fraction of sp³-hybridized carbons (Fsp3) is 0.333. The van der Waals surface area contributed by atoms with Gasteiger partial charge in [-0.25, -0.2) is 4.98 Å². The van der Waals surface area contributed by atoms with Crippen molar-refractivity contribution in [3.63, 3.8) is 0 Å². The Bertz CT molecular complexity index is 750. The predicted molar refractivity (Wildman–Crippen MR) is 89.8 cm³/mol. The van der Waals surface area contributed by atoms with Crippen molar-refractivity contribution in [2.75, 3.05) is 0 Å². The zero-order valence-electron chi connectivity index (χ0n) is 13.0. The van der Waals surface area contributed by atoms with Crippen molar-refractivity contribution in [2.24, 2.45) is 0 Å². The highest BCUT2D eigenvalue weighted by atomic mass is 32.1. The van der Waals surface area contributed by atoms with Crippen molar-refractivity contribution in [3.05, 3.63) is 40.2 Å². The second-order valence-corrected chi connectivity index (χ2v) is 6.14. The van der Waals surface area contributed by atoms with Crippen LogP contribution in [0.1, 0.15) is 49.1 Å². The minimum absolute atomic E-state index is 0.0540. The maximum absolute atomic E-state index is 12.2. The lowest BCUT2D eigenvalue weighted by Crippen LogP contribution is -2.10. The first-order valence-electron chi connectivity index (χ1n) is 7.58. The summed E-state index contributed by atoms with van der Waals surface area (Å²) in [4.78, 5) is 16.6. The maximum Gasteiger partial charge on any atom is 0.156 e. The molecule has 0 spiro atoms. The first-order valence-corrected chi connectivity index (χ1v) is 8.45. The number of aromatic nitrogens is 1. The van der Waals surface area contributed by atoms with Crippen molar-refractivity contribution < 1.29 is 4.79 Å². The Morgan fingerprint density at radius 3 is 2.61 bits per heavy atom. The van der Waals surface area contributed by atoms with Gasteiger partial charge in [-0.1, -0.05) is 31.9 Å². The van der Waals surface area contributed by atoms with E-state index in [-0.39, 0.29) is 5.78 Å². The van der Waals surface area contributed by atoms with Gasteiger partial charge < -0.3 is 0 Å². The summed E-state index contributed by atoms with van der Waals surface area (Å²) in [6.07, 6.45) is 3.29. The van der Waals surface area contributed by atoms with Gasteiger partial charge in [-0.2, -0.15) is 10.5 Å². The normalized spacial score (nSPS) is 11.4. The van der Waals surface area contributed by atoms with E-state index in [1.54, 1.807) is 12.1 Å². The van der Waals surface area contributed by atoms with Crippen LogP contribution in [0.2, 0.25) is 0 Å². The summed E-state index contributed by atoms with van der Waals surface area (Å²) < 4.78 is 0. The van der Waals surface area contributed by atoms with Gasteiger partial charge in [0.15, 0.2) is 11.7 Å². The number of hydrogen-bond donors (Lipinski definition) is 0. The van der Waals surface area contributed by atoms with Gasteiger partial charge in [-0.15, -0.1) is 11.3 Å². The van der Waals surface area contributed by atoms with Gasteiger partial charge in [0.1, 0.15) is 5.01 Å². The van der Waals surface area contributed by atoms with Crippen molar-refractivity contribution >= 4 is 17.1 Å². The number of carbonyl (C=O) groups excluding carboxylic acids is 1. The van der Waals surface area contributed by atoms with Crippen LogP contribution in [0.25, 0.3) is 11.3 Å². The number of thiazole rings is 1. The molecule has 1 aromatic heterocycles. The number of ketones is 1. The molecular formula is C18H17N3OS. The standard InChI is InChI=1S/C18H17N3OS/c1-2-3-4-5-17(22)15(11-20)18-21-16(12-23-18)14-8-6-13(10-19)7-9-14/h6-9,12,15H,2-5H2,1H3. The minimum Gasteiger partial charge on any atom is -0.298 e. The zero-order valence-corrected chi connectivity index (χ0v) is 13.8. The molecule has 1 aromatic carbocycles. The van der Waals surface area contributed by atoms with Crippen LogP contribution in [0.4, 0.5) is 0 Å². The molecule has 2 aromatic rings. The second-order valence-electron chi connectivity index (χ2n) is 5.25. The molecule has 0 aliphatic carbocycles. The van der Waals surface area contributed by atoms with Gasteiger partial charge in [0.05, 0.1) is 23.4 Å². The lowest BCUT2D eigenvalue weighted by atomic mass is 10.0. The van der Waals surface area contributed by atoms with E-state index in [9.17, 15) is 10.1 Å². The Morgan fingerprint density at radius 2 is 2.00 bits per heavy atom. The third-order valence-corrected chi connectivity index (χ3v) is 4.47. The van der Waals surface area contributed by atoms with Crippen LogP contribution >= 0.6 is 11.3 Å². The topological polar surface area (TPSA) is 77.5 Å². The fourth-order valence-corrected chi connectivity index (χ4v) is 3.12. The molecule has 0 aliphatic heterocycles. The number of nitrogens with zero attached hydrogens (tertiary/aromatic N) is 3. The number of rotatable bonds is 7. The van der Waals surface area contributed by atoms with E-state index in [0.717, 1.165) is 30.5 Å². The van der Waals surface area contributed by atoms with Crippen LogP contribution in [-0.2, 0) is 4.79 Å². The van der Waals surface area contributed by atoms with Gasteiger partial charge in [0, 0.05) is 17.4 Å².